The van der Waals surface area contributed by atoms with Gasteiger partial charge in [-0.1, -0.05) is 12.1 Å². The van der Waals surface area contributed by atoms with Gasteiger partial charge < -0.3 is 10.0 Å². The number of hydrogen-bond acceptors (Lipinski definition) is 4. The van der Waals surface area contributed by atoms with Gasteiger partial charge in [0, 0.05) is 5.69 Å². The van der Waals surface area contributed by atoms with Crippen LogP contribution in [0.5, 0.6) is 0 Å². The van der Waals surface area contributed by atoms with Gasteiger partial charge in [-0.25, -0.2) is 0 Å². The number of carbonyl (C=O) groups is 2. The van der Waals surface area contributed by atoms with Crippen LogP contribution in [0, 0.1) is 0 Å². The summed E-state index contributed by atoms with van der Waals surface area (Å²) >= 11 is 0. The van der Waals surface area contributed by atoms with E-state index in [1.54, 1.807) is 37.8 Å². The van der Waals surface area contributed by atoms with Crippen molar-refractivity contribution in [1.82, 2.24) is 5.32 Å². The molecule has 2 amide bonds. The highest BCUT2D eigenvalue weighted by Crippen LogP contribution is 2.27. The van der Waals surface area contributed by atoms with Crippen LogP contribution >= 0.6 is 0 Å². The topological polar surface area (TPSA) is 69.6 Å². The predicted molar refractivity (Wildman–Crippen MR) is 71.7 cm³/mol. The lowest BCUT2D eigenvalue weighted by Crippen LogP contribution is -2.64. The van der Waals surface area contributed by atoms with Crippen molar-refractivity contribution in [3.05, 3.63) is 29.8 Å². The number of nitrogens with zero attached hydrogens (tertiary/aromatic N) is 1. The number of anilines is 1. The molecule has 0 spiro atoms. The van der Waals surface area contributed by atoms with Gasteiger partial charge in [-0.05, 0) is 38.5 Å². The summed E-state index contributed by atoms with van der Waals surface area (Å²) in [4.78, 5) is 25.1. The zero-order valence-electron chi connectivity index (χ0n) is 11.3. The summed E-state index contributed by atoms with van der Waals surface area (Å²) in [7, 11) is 0. The van der Waals surface area contributed by atoms with Crippen molar-refractivity contribution in [2.75, 3.05) is 11.4 Å². The molecule has 5 heteroatoms. The Hall–Kier alpha value is -1.88. The minimum atomic E-state index is -0.778. The SMILES string of the molecule is C[C@@H](O)c1ccc(N2CC(=O)NC(=O)C2(C)C)cc1. The first-order valence-corrected chi connectivity index (χ1v) is 6.22. The Balaban J connectivity index is 2.33. The van der Waals surface area contributed by atoms with Crippen LogP contribution in [0.4, 0.5) is 5.69 Å². The average Bonchev–Trinajstić information content (AvgIpc) is 2.34. The van der Waals surface area contributed by atoms with E-state index in [4.69, 9.17) is 0 Å². The first-order chi connectivity index (χ1) is 8.82. The Kier molecular flexibility index (Phi) is 3.32. The molecule has 1 fully saturated rings. The molecule has 5 nitrogen and oxygen atoms in total. The third kappa shape index (κ3) is 2.46. The van der Waals surface area contributed by atoms with Crippen LogP contribution in [0.25, 0.3) is 0 Å². The molecule has 1 aliphatic heterocycles. The second-order valence-electron chi connectivity index (χ2n) is 5.29. The van der Waals surface area contributed by atoms with Crippen LogP contribution in [-0.4, -0.2) is 29.0 Å². The maximum absolute atomic E-state index is 11.9. The van der Waals surface area contributed by atoms with Crippen LogP contribution in [0.3, 0.4) is 0 Å². The fourth-order valence-electron chi connectivity index (χ4n) is 2.13. The van der Waals surface area contributed by atoms with Gasteiger partial charge in [0.25, 0.3) is 5.91 Å². The molecule has 2 N–H and O–H groups in total. The van der Waals surface area contributed by atoms with Gasteiger partial charge in [0.05, 0.1) is 12.6 Å². The van der Waals surface area contributed by atoms with E-state index >= 15 is 0 Å². The maximum atomic E-state index is 11.9. The summed E-state index contributed by atoms with van der Waals surface area (Å²) in [5, 5.41) is 11.8. The van der Waals surface area contributed by atoms with Crippen LogP contribution in [-0.2, 0) is 9.59 Å². The van der Waals surface area contributed by atoms with Crippen LogP contribution in [0.1, 0.15) is 32.4 Å². The lowest BCUT2D eigenvalue weighted by Gasteiger charge is -2.41. The highest BCUT2D eigenvalue weighted by atomic mass is 16.3. The lowest BCUT2D eigenvalue weighted by atomic mass is 9.97. The van der Waals surface area contributed by atoms with Crippen molar-refractivity contribution in [2.45, 2.75) is 32.4 Å². The summed E-state index contributed by atoms with van der Waals surface area (Å²) in [6.45, 7) is 5.39. The number of aliphatic hydroxyl groups excluding tert-OH is 1. The van der Waals surface area contributed by atoms with Crippen LogP contribution in [0.15, 0.2) is 24.3 Å². The van der Waals surface area contributed by atoms with Gasteiger partial charge in [-0.15, -0.1) is 0 Å². The second kappa shape index (κ2) is 4.66. The molecule has 2 rings (SSSR count). The number of carbonyl (C=O) groups excluding carboxylic acids is 2. The third-order valence-corrected chi connectivity index (χ3v) is 3.47. The average molecular weight is 262 g/mol. The number of rotatable bonds is 2. The third-order valence-electron chi connectivity index (χ3n) is 3.47. The molecule has 0 bridgehead atoms. The molecule has 1 saturated heterocycles. The fourth-order valence-corrected chi connectivity index (χ4v) is 2.13. The Morgan fingerprint density at radius 3 is 2.37 bits per heavy atom. The van der Waals surface area contributed by atoms with Crippen LogP contribution in [0.2, 0.25) is 0 Å². The summed E-state index contributed by atoms with van der Waals surface area (Å²) in [6, 6.07) is 7.23. The second-order valence-corrected chi connectivity index (χ2v) is 5.29. The van der Waals surface area contributed by atoms with E-state index in [2.05, 4.69) is 5.32 Å². The number of benzene rings is 1. The predicted octanol–water partition coefficient (Wildman–Crippen LogP) is 0.981. The molecule has 0 aromatic heterocycles. The molecular formula is C14H18N2O3. The van der Waals surface area contributed by atoms with E-state index in [-0.39, 0.29) is 18.4 Å². The van der Waals surface area contributed by atoms with E-state index < -0.39 is 11.6 Å². The number of amides is 2. The number of piperazine rings is 1. The van der Waals surface area contributed by atoms with Crippen molar-refractivity contribution < 1.29 is 14.7 Å². The first kappa shape index (κ1) is 13.5. The number of imide groups is 1. The molecule has 1 atom stereocenters. The van der Waals surface area contributed by atoms with E-state index in [9.17, 15) is 14.7 Å². The highest BCUT2D eigenvalue weighted by molar-refractivity contribution is 6.06. The van der Waals surface area contributed by atoms with Crippen molar-refractivity contribution in [3.63, 3.8) is 0 Å². The number of nitrogens with one attached hydrogen (secondary N) is 1. The molecule has 1 aliphatic rings. The van der Waals surface area contributed by atoms with E-state index in [1.165, 1.54) is 0 Å². The largest absolute Gasteiger partial charge is 0.389 e. The lowest BCUT2D eigenvalue weighted by molar-refractivity contribution is -0.135. The monoisotopic (exact) mass is 262 g/mol. The molecule has 0 saturated carbocycles. The summed E-state index contributed by atoms with van der Waals surface area (Å²) in [5.74, 6) is -0.604. The molecular weight excluding hydrogens is 244 g/mol. The molecule has 1 aromatic rings. The standard InChI is InChI=1S/C14H18N2O3/c1-9(17)10-4-6-11(7-5-10)16-8-12(18)15-13(19)14(16,2)3/h4-7,9,17H,8H2,1-3H3,(H,15,18,19)/t9-/m1/s1. The number of aliphatic hydroxyl groups is 1. The number of hydrogen-bond donors (Lipinski definition) is 2. The zero-order valence-corrected chi connectivity index (χ0v) is 11.3. The van der Waals surface area contributed by atoms with Gasteiger partial charge >= 0.3 is 0 Å². The minimum Gasteiger partial charge on any atom is -0.389 e. The van der Waals surface area contributed by atoms with Crippen LogP contribution < -0.4 is 10.2 Å². The van der Waals surface area contributed by atoms with E-state index in [0.717, 1.165) is 11.3 Å². The Morgan fingerprint density at radius 1 is 1.26 bits per heavy atom. The first-order valence-electron chi connectivity index (χ1n) is 6.22. The summed E-state index contributed by atoms with van der Waals surface area (Å²) < 4.78 is 0. The van der Waals surface area contributed by atoms with Crippen molar-refractivity contribution >= 4 is 17.5 Å². The summed E-state index contributed by atoms with van der Waals surface area (Å²) in [5.41, 5.74) is 0.812. The van der Waals surface area contributed by atoms with E-state index in [1.807, 2.05) is 12.1 Å². The Morgan fingerprint density at radius 2 is 1.84 bits per heavy atom. The van der Waals surface area contributed by atoms with Crippen molar-refractivity contribution in [3.8, 4) is 0 Å². The summed E-state index contributed by atoms with van der Waals surface area (Å²) in [6.07, 6.45) is -0.534. The van der Waals surface area contributed by atoms with Gasteiger partial charge in [-0.3, -0.25) is 14.9 Å². The minimum absolute atomic E-state index is 0.146. The molecule has 0 aliphatic carbocycles. The smallest absolute Gasteiger partial charge is 0.251 e. The highest BCUT2D eigenvalue weighted by Gasteiger charge is 2.40. The quantitative estimate of drug-likeness (QED) is 0.780. The zero-order chi connectivity index (χ0) is 14.2. The Labute approximate surface area is 112 Å². The van der Waals surface area contributed by atoms with Crippen molar-refractivity contribution in [2.24, 2.45) is 0 Å². The molecule has 1 aromatic carbocycles. The molecule has 102 valence electrons. The molecule has 1 heterocycles. The normalized spacial score (nSPS) is 20.1. The fraction of sp³-hybridized carbons (Fsp3) is 0.429. The van der Waals surface area contributed by atoms with Crippen molar-refractivity contribution in [1.29, 1.82) is 0 Å². The van der Waals surface area contributed by atoms with Gasteiger partial charge in [0.1, 0.15) is 5.54 Å². The van der Waals surface area contributed by atoms with Gasteiger partial charge in [0.2, 0.25) is 5.91 Å². The Bertz CT molecular complexity index is 506. The maximum Gasteiger partial charge on any atom is 0.251 e. The molecule has 0 unspecified atom stereocenters. The van der Waals surface area contributed by atoms with E-state index in [0.29, 0.717) is 0 Å². The molecule has 0 radical (unpaired) electrons. The van der Waals surface area contributed by atoms with Gasteiger partial charge in [0.15, 0.2) is 0 Å². The molecule has 19 heavy (non-hydrogen) atoms. The van der Waals surface area contributed by atoms with Gasteiger partial charge in [-0.2, -0.15) is 0 Å².